The zero-order valence-corrected chi connectivity index (χ0v) is 11.8. The van der Waals surface area contributed by atoms with Gasteiger partial charge >= 0.3 is 0 Å². The Kier molecular flexibility index (Phi) is 5.19. The van der Waals surface area contributed by atoms with Crippen LogP contribution in [-0.2, 0) is 4.74 Å². The second-order valence-corrected chi connectivity index (χ2v) is 4.90. The molecule has 1 saturated carbocycles. The Hall–Kier alpha value is -1.10. The van der Waals surface area contributed by atoms with E-state index in [9.17, 15) is 0 Å². The zero-order valence-electron chi connectivity index (χ0n) is 11.8. The molecule has 2 rings (SSSR count). The second-order valence-electron chi connectivity index (χ2n) is 4.90. The van der Waals surface area contributed by atoms with E-state index in [4.69, 9.17) is 15.3 Å². The van der Waals surface area contributed by atoms with Crippen molar-refractivity contribution in [1.29, 1.82) is 0 Å². The van der Waals surface area contributed by atoms with E-state index in [-0.39, 0.29) is 12.1 Å². The summed E-state index contributed by atoms with van der Waals surface area (Å²) < 4.78 is 11.3. The normalized spacial score (nSPS) is 18.1. The summed E-state index contributed by atoms with van der Waals surface area (Å²) in [4.78, 5) is 0. The van der Waals surface area contributed by atoms with Crippen LogP contribution in [0.3, 0.4) is 0 Å². The van der Waals surface area contributed by atoms with E-state index in [0.717, 1.165) is 17.9 Å². The molecule has 0 bridgehead atoms. The first-order valence-corrected chi connectivity index (χ1v) is 7.10. The molecule has 3 N–H and O–H groups in total. The van der Waals surface area contributed by atoms with Gasteiger partial charge in [-0.3, -0.25) is 11.3 Å². The summed E-state index contributed by atoms with van der Waals surface area (Å²) in [5.41, 5.74) is 4.06. The van der Waals surface area contributed by atoms with Crippen molar-refractivity contribution < 1.29 is 9.47 Å². The molecule has 1 aromatic rings. The maximum Gasteiger partial charge on any atom is 0.119 e. The lowest BCUT2D eigenvalue weighted by molar-refractivity contribution is 0.0185. The summed E-state index contributed by atoms with van der Waals surface area (Å²) in [5.74, 6) is 7.26. The Morgan fingerprint density at radius 2 is 1.89 bits per heavy atom. The van der Waals surface area contributed by atoms with E-state index in [1.165, 1.54) is 12.8 Å². The predicted octanol–water partition coefficient (Wildman–Crippen LogP) is 2.40. The van der Waals surface area contributed by atoms with E-state index in [0.29, 0.717) is 12.5 Å². The number of nitrogens with one attached hydrogen (secondary N) is 1. The molecular weight excluding hydrogens is 240 g/mol. The number of hydrogen-bond donors (Lipinski definition) is 2. The van der Waals surface area contributed by atoms with Crippen LogP contribution in [0.25, 0.3) is 0 Å². The highest BCUT2D eigenvalue weighted by Gasteiger charge is 2.37. The second kappa shape index (κ2) is 6.89. The van der Waals surface area contributed by atoms with Crippen LogP contribution in [0.5, 0.6) is 5.75 Å². The molecule has 4 nitrogen and oxygen atoms in total. The van der Waals surface area contributed by atoms with Gasteiger partial charge < -0.3 is 9.47 Å². The molecule has 1 aliphatic rings. The summed E-state index contributed by atoms with van der Waals surface area (Å²) in [6.45, 7) is 5.41. The highest BCUT2D eigenvalue weighted by Crippen LogP contribution is 2.40. The van der Waals surface area contributed by atoms with Gasteiger partial charge in [-0.15, -0.1) is 0 Å². The number of ether oxygens (including phenoxy) is 2. The summed E-state index contributed by atoms with van der Waals surface area (Å²) in [5, 5.41) is 0. The first kappa shape index (κ1) is 14.3. The lowest BCUT2D eigenvalue weighted by atomic mass is 9.98. The van der Waals surface area contributed by atoms with Crippen LogP contribution in [0, 0.1) is 5.92 Å². The number of hydrogen-bond acceptors (Lipinski definition) is 4. The molecule has 1 fully saturated rings. The van der Waals surface area contributed by atoms with Gasteiger partial charge in [-0.2, -0.15) is 0 Å². The van der Waals surface area contributed by atoms with Gasteiger partial charge in [0.05, 0.1) is 18.8 Å². The smallest absolute Gasteiger partial charge is 0.119 e. The quantitative estimate of drug-likeness (QED) is 0.559. The molecule has 0 saturated heterocycles. The van der Waals surface area contributed by atoms with Gasteiger partial charge in [0, 0.05) is 6.61 Å². The molecule has 2 atom stereocenters. The molecule has 1 aromatic carbocycles. The van der Waals surface area contributed by atoms with Crippen LogP contribution in [0.2, 0.25) is 0 Å². The average Bonchev–Trinajstić information content (AvgIpc) is 3.25. The van der Waals surface area contributed by atoms with E-state index >= 15 is 0 Å². The summed E-state index contributed by atoms with van der Waals surface area (Å²) in [7, 11) is 0. The molecule has 0 spiro atoms. The van der Waals surface area contributed by atoms with Crippen molar-refractivity contribution in [3.05, 3.63) is 29.8 Å². The van der Waals surface area contributed by atoms with Gasteiger partial charge in [-0.05, 0) is 50.3 Å². The Bertz CT molecular complexity index is 376. The van der Waals surface area contributed by atoms with Crippen LogP contribution in [0.15, 0.2) is 24.3 Å². The third-order valence-electron chi connectivity index (χ3n) is 3.50. The minimum atomic E-state index is 0.0446. The van der Waals surface area contributed by atoms with E-state index in [1.807, 2.05) is 26.0 Å². The summed E-state index contributed by atoms with van der Waals surface area (Å²) >= 11 is 0. The van der Waals surface area contributed by atoms with E-state index < -0.39 is 0 Å². The Labute approximate surface area is 115 Å². The maximum atomic E-state index is 5.88. The summed E-state index contributed by atoms with van der Waals surface area (Å²) in [6.07, 6.45) is 2.63. The number of benzene rings is 1. The van der Waals surface area contributed by atoms with Crippen molar-refractivity contribution >= 4 is 0 Å². The maximum absolute atomic E-state index is 5.88. The lowest BCUT2D eigenvalue weighted by Crippen LogP contribution is -2.39. The van der Waals surface area contributed by atoms with Crippen LogP contribution >= 0.6 is 0 Å². The zero-order chi connectivity index (χ0) is 13.7. The number of nitrogens with two attached hydrogens (primary N) is 1. The molecule has 0 amide bonds. The van der Waals surface area contributed by atoms with Crippen molar-refractivity contribution in [2.45, 2.75) is 38.8 Å². The third kappa shape index (κ3) is 3.69. The Morgan fingerprint density at radius 1 is 1.21 bits per heavy atom. The number of hydrazine groups is 1. The molecule has 19 heavy (non-hydrogen) atoms. The SMILES string of the molecule is CCOc1ccc(C(NN)C(OCC)C2CC2)cc1. The van der Waals surface area contributed by atoms with Crippen LogP contribution in [0.4, 0.5) is 0 Å². The molecule has 0 heterocycles. The lowest BCUT2D eigenvalue weighted by Gasteiger charge is -2.27. The van der Waals surface area contributed by atoms with Crippen molar-refractivity contribution in [3.8, 4) is 5.75 Å². The molecule has 4 heteroatoms. The molecule has 2 unspecified atom stereocenters. The van der Waals surface area contributed by atoms with Gasteiger partial charge in [0.15, 0.2) is 0 Å². The molecule has 1 aliphatic carbocycles. The topological polar surface area (TPSA) is 56.5 Å². The van der Waals surface area contributed by atoms with Crippen molar-refractivity contribution in [2.24, 2.45) is 11.8 Å². The molecule has 0 radical (unpaired) electrons. The fraction of sp³-hybridized carbons (Fsp3) is 0.600. The van der Waals surface area contributed by atoms with Crippen molar-refractivity contribution in [3.63, 3.8) is 0 Å². The van der Waals surface area contributed by atoms with Crippen molar-refractivity contribution in [1.82, 2.24) is 5.43 Å². The van der Waals surface area contributed by atoms with Gasteiger partial charge in [0.25, 0.3) is 0 Å². The molecular formula is C15H24N2O2. The highest BCUT2D eigenvalue weighted by atomic mass is 16.5. The van der Waals surface area contributed by atoms with Gasteiger partial charge in [0.1, 0.15) is 5.75 Å². The van der Waals surface area contributed by atoms with Crippen LogP contribution in [-0.4, -0.2) is 19.3 Å². The van der Waals surface area contributed by atoms with Gasteiger partial charge in [-0.25, -0.2) is 0 Å². The Balaban J connectivity index is 2.10. The first-order chi connectivity index (χ1) is 9.30. The number of rotatable bonds is 8. The highest BCUT2D eigenvalue weighted by molar-refractivity contribution is 5.30. The van der Waals surface area contributed by atoms with Crippen molar-refractivity contribution in [2.75, 3.05) is 13.2 Å². The molecule has 0 aromatic heterocycles. The van der Waals surface area contributed by atoms with E-state index in [1.54, 1.807) is 0 Å². The first-order valence-electron chi connectivity index (χ1n) is 7.10. The predicted molar refractivity (Wildman–Crippen MR) is 75.8 cm³/mol. The minimum Gasteiger partial charge on any atom is -0.494 e. The van der Waals surface area contributed by atoms with Gasteiger partial charge in [-0.1, -0.05) is 12.1 Å². The van der Waals surface area contributed by atoms with Gasteiger partial charge in [0.2, 0.25) is 0 Å². The van der Waals surface area contributed by atoms with Crippen LogP contribution < -0.4 is 16.0 Å². The minimum absolute atomic E-state index is 0.0446. The fourth-order valence-electron chi connectivity index (χ4n) is 2.44. The van der Waals surface area contributed by atoms with Crippen LogP contribution in [0.1, 0.15) is 38.3 Å². The monoisotopic (exact) mass is 264 g/mol. The molecule has 106 valence electrons. The largest absolute Gasteiger partial charge is 0.494 e. The third-order valence-corrected chi connectivity index (χ3v) is 3.50. The Morgan fingerprint density at radius 3 is 2.37 bits per heavy atom. The van der Waals surface area contributed by atoms with E-state index in [2.05, 4.69) is 17.6 Å². The molecule has 0 aliphatic heterocycles. The fourth-order valence-corrected chi connectivity index (χ4v) is 2.44. The average molecular weight is 264 g/mol. The summed E-state index contributed by atoms with van der Waals surface area (Å²) in [6, 6.07) is 8.13. The standard InChI is InChI=1S/C15H24N2O2/c1-3-18-13-9-7-11(8-10-13)14(17-16)15(19-4-2)12-5-6-12/h7-10,12,14-15,17H,3-6,16H2,1-2H3.